The average molecular weight is 376 g/mol. The summed E-state index contributed by atoms with van der Waals surface area (Å²) in [5.41, 5.74) is 0.130. The molecule has 2 amide bonds. The lowest BCUT2D eigenvalue weighted by Crippen LogP contribution is -2.46. The second kappa shape index (κ2) is 8.25. The maximum Gasteiger partial charge on any atom is 0.326 e. The Kier molecular flexibility index (Phi) is 6.91. The lowest BCUT2D eigenvalue weighted by atomic mass is 10.0. The van der Waals surface area contributed by atoms with E-state index in [1.54, 1.807) is 0 Å². The molecule has 1 atom stereocenters. The van der Waals surface area contributed by atoms with Crippen LogP contribution in [0.4, 0.5) is 0 Å². The van der Waals surface area contributed by atoms with E-state index in [1.807, 2.05) is 13.8 Å². The van der Waals surface area contributed by atoms with Gasteiger partial charge in [-0.2, -0.15) is 0 Å². The van der Waals surface area contributed by atoms with Crippen LogP contribution in [0, 0.1) is 5.92 Å². The molecule has 24 heavy (non-hydrogen) atoms. The fourth-order valence-electron chi connectivity index (χ4n) is 1.83. The molecule has 1 rings (SSSR count). The highest BCUT2D eigenvalue weighted by Crippen LogP contribution is 2.19. The van der Waals surface area contributed by atoms with Crippen molar-refractivity contribution in [2.75, 3.05) is 12.8 Å². The van der Waals surface area contributed by atoms with Crippen molar-refractivity contribution in [2.45, 2.75) is 30.5 Å². The first-order valence-corrected chi connectivity index (χ1v) is 9.86. The fourth-order valence-corrected chi connectivity index (χ4v) is 3.63. The normalized spacial score (nSPS) is 12.7. The molecule has 0 radical (unpaired) electrons. The Morgan fingerprint density at radius 2 is 1.92 bits per heavy atom. The summed E-state index contributed by atoms with van der Waals surface area (Å²) in [5.74, 6) is -2.29. The minimum absolute atomic E-state index is 0.0555. The molecule has 0 aliphatic carbocycles. The topological polar surface area (TPSA) is 130 Å². The van der Waals surface area contributed by atoms with Gasteiger partial charge in [0, 0.05) is 11.6 Å². The number of nitrogens with one attached hydrogen (secondary N) is 2. The molecule has 0 spiro atoms. The highest BCUT2D eigenvalue weighted by Gasteiger charge is 2.21. The third-order valence-electron chi connectivity index (χ3n) is 2.95. The number of amides is 2. The molecular weight excluding hydrogens is 356 g/mol. The number of hydrogen-bond acceptors (Lipinski definition) is 6. The quantitative estimate of drug-likeness (QED) is 0.606. The van der Waals surface area contributed by atoms with Crippen LogP contribution >= 0.6 is 11.3 Å². The van der Waals surface area contributed by atoms with Crippen molar-refractivity contribution in [1.82, 2.24) is 10.6 Å². The van der Waals surface area contributed by atoms with Gasteiger partial charge in [-0.1, -0.05) is 13.8 Å². The number of thiophene rings is 1. The summed E-state index contributed by atoms with van der Waals surface area (Å²) in [7, 11) is -3.39. The second-order valence-corrected chi connectivity index (χ2v) is 8.85. The predicted molar refractivity (Wildman–Crippen MR) is 88.8 cm³/mol. The van der Waals surface area contributed by atoms with Crippen molar-refractivity contribution in [3.05, 3.63) is 17.0 Å². The fraction of sp³-hybridized carbons (Fsp3) is 0.500. The monoisotopic (exact) mass is 376 g/mol. The zero-order valence-corrected chi connectivity index (χ0v) is 15.2. The van der Waals surface area contributed by atoms with E-state index in [4.69, 9.17) is 5.11 Å². The van der Waals surface area contributed by atoms with Crippen LogP contribution in [0.5, 0.6) is 0 Å². The molecule has 0 aromatic carbocycles. The number of sulfone groups is 1. The van der Waals surface area contributed by atoms with Gasteiger partial charge in [0.05, 0.1) is 12.1 Å². The van der Waals surface area contributed by atoms with E-state index in [9.17, 15) is 22.8 Å². The predicted octanol–water partition coefficient (Wildman–Crippen LogP) is 0.497. The van der Waals surface area contributed by atoms with Crippen molar-refractivity contribution in [3.63, 3.8) is 0 Å². The van der Waals surface area contributed by atoms with E-state index in [2.05, 4.69) is 10.6 Å². The first-order valence-electron chi connectivity index (χ1n) is 7.09. The molecule has 1 aromatic heterocycles. The van der Waals surface area contributed by atoms with Crippen LogP contribution < -0.4 is 10.6 Å². The van der Waals surface area contributed by atoms with Crippen LogP contribution in [0.1, 0.15) is 30.6 Å². The van der Waals surface area contributed by atoms with E-state index in [0.29, 0.717) is 0 Å². The number of hydrogen-bond donors (Lipinski definition) is 3. The van der Waals surface area contributed by atoms with Crippen LogP contribution in [0.15, 0.2) is 15.7 Å². The van der Waals surface area contributed by atoms with Crippen LogP contribution in [0.25, 0.3) is 0 Å². The van der Waals surface area contributed by atoms with Gasteiger partial charge in [0.25, 0.3) is 5.91 Å². The first kappa shape index (κ1) is 20.1. The van der Waals surface area contributed by atoms with Gasteiger partial charge in [-0.25, -0.2) is 13.2 Å². The third-order valence-corrected chi connectivity index (χ3v) is 5.72. The first-order chi connectivity index (χ1) is 11.0. The molecule has 0 saturated heterocycles. The van der Waals surface area contributed by atoms with Gasteiger partial charge >= 0.3 is 5.97 Å². The molecule has 0 aliphatic rings. The molecule has 1 heterocycles. The zero-order valence-electron chi connectivity index (χ0n) is 13.5. The molecular formula is C14H20N2O6S2. The number of carboxylic acids is 1. The Morgan fingerprint density at radius 3 is 2.38 bits per heavy atom. The maximum atomic E-state index is 11.9. The Balaban J connectivity index is 2.58. The Bertz CT molecular complexity index is 723. The van der Waals surface area contributed by atoms with Gasteiger partial charge in [0.15, 0.2) is 9.84 Å². The van der Waals surface area contributed by atoms with Crippen molar-refractivity contribution in [1.29, 1.82) is 0 Å². The number of aliphatic carboxylic acids is 1. The van der Waals surface area contributed by atoms with Gasteiger partial charge in [-0.3, -0.25) is 9.59 Å². The summed E-state index contributed by atoms with van der Waals surface area (Å²) < 4.78 is 22.8. The summed E-state index contributed by atoms with van der Waals surface area (Å²) in [6.45, 7) is 3.27. The summed E-state index contributed by atoms with van der Waals surface area (Å²) in [6.07, 6.45) is 1.31. The molecule has 0 bridgehead atoms. The largest absolute Gasteiger partial charge is 0.480 e. The summed E-state index contributed by atoms with van der Waals surface area (Å²) in [5, 5.41) is 15.1. The third kappa shape index (κ3) is 6.28. The second-order valence-electron chi connectivity index (χ2n) is 5.70. The van der Waals surface area contributed by atoms with Crippen LogP contribution in [0.3, 0.4) is 0 Å². The minimum atomic E-state index is -3.39. The maximum absolute atomic E-state index is 11.9. The molecule has 0 saturated carbocycles. The van der Waals surface area contributed by atoms with Crippen molar-refractivity contribution >= 4 is 39.0 Å². The molecule has 0 unspecified atom stereocenters. The molecule has 1 aromatic rings. The van der Waals surface area contributed by atoms with Gasteiger partial charge < -0.3 is 15.7 Å². The van der Waals surface area contributed by atoms with Crippen molar-refractivity contribution in [2.24, 2.45) is 5.92 Å². The van der Waals surface area contributed by atoms with E-state index in [-0.39, 0.29) is 22.1 Å². The molecule has 134 valence electrons. The smallest absolute Gasteiger partial charge is 0.326 e. The standard InChI is InChI=1S/C14H20N2O6S2/c1-8(2)4-10(14(19)20)16-11(17)6-15-13(18)9-5-12(23-7-9)24(3,21)22/h5,7-8,10H,4,6H2,1-3H3,(H,15,18)(H,16,17)(H,19,20)/t10-/m0/s1. The van der Waals surface area contributed by atoms with Crippen LogP contribution in [0.2, 0.25) is 0 Å². The van der Waals surface area contributed by atoms with Gasteiger partial charge in [0.2, 0.25) is 5.91 Å². The molecule has 0 aliphatic heterocycles. The highest BCUT2D eigenvalue weighted by molar-refractivity contribution is 7.92. The summed E-state index contributed by atoms with van der Waals surface area (Å²) >= 11 is 0.913. The number of carboxylic acid groups (broad SMARTS) is 1. The van der Waals surface area contributed by atoms with E-state index < -0.39 is 40.2 Å². The van der Waals surface area contributed by atoms with Crippen LogP contribution in [-0.4, -0.2) is 50.2 Å². The lowest BCUT2D eigenvalue weighted by Gasteiger charge is -2.16. The van der Waals surface area contributed by atoms with Crippen LogP contribution in [-0.2, 0) is 19.4 Å². The number of rotatable bonds is 8. The van der Waals surface area contributed by atoms with Gasteiger partial charge in [-0.15, -0.1) is 11.3 Å². The molecule has 8 nitrogen and oxygen atoms in total. The molecule has 0 fully saturated rings. The Hall–Kier alpha value is -1.94. The highest BCUT2D eigenvalue weighted by atomic mass is 32.2. The Labute approximate surface area is 144 Å². The number of carbonyl (C=O) groups excluding carboxylic acids is 2. The van der Waals surface area contributed by atoms with E-state index in [0.717, 1.165) is 17.6 Å². The Morgan fingerprint density at radius 1 is 1.29 bits per heavy atom. The zero-order chi connectivity index (χ0) is 18.5. The van der Waals surface area contributed by atoms with Crippen molar-refractivity contribution in [3.8, 4) is 0 Å². The summed E-state index contributed by atoms with van der Waals surface area (Å²) in [4.78, 5) is 34.7. The van der Waals surface area contributed by atoms with Gasteiger partial charge in [-0.05, 0) is 18.4 Å². The van der Waals surface area contributed by atoms with Gasteiger partial charge in [0.1, 0.15) is 10.3 Å². The van der Waals surface area contributed by atoms with E-state index in [1.165, 1.54) is 11.4 Å². The minimum Gasteiger partial charge on any atom is -0.480 e. The average Bonchev–Trinajstić information content (AvgIpc) is 2.93. The van der Waals surface area contributed by atoms with Crippen molar-refractivity contribution < 1.29 is 27.9 Å². The molecule has 10 heteroatoms. The lowest BCUT2D eigenvalue weighted by molar-refractivity contribution is -0.142. The van der Waals surface area contributed by atoms with E-state index >= 15 is 0 Å². The number of carbonyl (C=O) groups is 3. The molecule has 3 N–H and O–H groups in total. The summed E-state index contributed by atoms with van der Waals surface area (Å²) in [6, 6.07) is 0.207. The SMILES string of the molecule is CC(C)C[C@H](NC(=O)CNC(=O)c1csc(S(C)(=O)=O)c1)C(=O)O.